The van der Waals surface area contributed by atoms with Gasteiger partial charge >= 0.3 is 7.12 Å². The van der Waals surface area contributed by atoms with E-state index >= 15 is 0 Å². The van der Waals surface area contributed by atoms with Crippen LogP contribution in [0.3, 0.4) is 0 Å². The number of hydrogen-bond acceptors (Lipinski definition) is 5. The van der Waals surface area contributed by atoms with Crippen LogP contribution in [0.15, 0.2) is 47.6 Å². The lowest BCUT2D eigenvalue weighted by atomic mass is 9.77. The molecule has 152 valence electrons. The van der Waals surface area contributed by atoms with Crippen LogP contribution in [0.5, 0.6) is 0 Å². The molecule has 0 bridgehead atoms. The van der Waals surface area contributed by atoms with Crippen molar-refractivity contribution < 1.29 is 17.7 Å². The van der Waals surface area contributed by atoms with Gasteiger partial charge < -0.3 is 9.31 Å². The third-order valence-electron chi connectivity index (χ3n) is 6.07. The lowest BCUT2D eigenvalue weighted by Gasteiger charge is -2.32. The number of pyridine rings is 1. The van der Waals surface area contributed by atoms with E-state index in [2.05, 4.69) is 4.98 Å². The normalized spacial score (nSPS) is 18.5. The zero-order chi connectivity index (χ0) is 21.2. The van der Waals surface area contributed by atoms with Crippen LogP contribution in [0, 0.1) is 13.8 Å². The first-order valence-corrected chi connectivity index (χ1v) is 11.0. The Morgan fingerprint density at radius 1 is 0.966 bits per heavy atom. The SMILES string of the molecule is Cc1ccc(S(=O)(=O)n2ccc3c(C)c(B4OC(C)(C)C(C)(C)O4)cnc32)cc1. The molecule has 4 rings (SSSR count). The second-order valence-electron chi connectivity index (χ2n) is 8.59. The summed E-state index contributed by atoms with van der Waals surface area (Å²) in [5.41, 5.74) is 2.18. The number of nitrogens with zero attached hydrogens (tertiary/aromatic N) is 2. The lowest BCUT2D eigenvalue weighted by molar-refractivity contribution is 0.00578. The van der Waals surface area contributed by atoms with E-state index in [4.69, 9.17) is 9.31 Å². The van der Waals surface area contributed by atoms with Gasteiger partial charge in [-0.25, -0.2) is 17.4 Å². The van der Waals surface area contributed by atoms with Crippen LogP contribution >= 0.6 is 0 Å². The molecule has 8 heteroatoms. The quantitative estimate of drug-likeness (QED) is 0.618. The van der Waals surface area contributed by atoms with Crippen molar-refractivity contribution in [3.8, 4) is 0 Å². The van der Waals surface area contributed by atoms with Gasteiger partial charge in [-0.05, 0) is 65.3 Å². The van der Waals surface area contributed by atoms with Crippen LogP contribution < -0.4 is 5.46 Å². The first kappa shape index (κ1) is 20.1. The van der Waals surface area contributed by atoms with E-state index < -0.39 is 28.3 Å². The van der Waals surface area contributed by atoms with Crippen LogP contribution in [-0.2, 0) is 19.3 Å². The molecule has 0 saturated carbocycles. The van der Waals surface area contributed by atoms with Crippen molar-refractivity contribution in [2.75, 3.05) is 0 Å². The molecule has 1 aliphatic rings. The molecule has 1 aromatic carbocycles. The van der Waals surface area contributed by atoms with Gasteiger partial charge in [0.25, 0.3) is 10.0 Å². The molecule has 0 amide bonds. The maximum Gasteiger partial charge on any atom is 0.496 e. The van der Waals surface area contributed by atoms with E-state index in [1.54, 1.807) is 42.7 Å². The number of fused-ring (bicyclic) bond motifs is 1. The largest absolute Gasteiger partial charge is 0.496 e. The molecule has 29 heavy (non-hydrogen) atoms. The van der Waals surface area contributed by atoms with Crippen molar-refractivity contribution in [1.82, 2.24) is 8.96 Å². The maximum atomic E-state index is 13.1. The van der Waals surface area contributed by atoms with Gasteiger partial charge in [0.15, 0.2) is 5.65 Å². The Bertz CT molecular complexity index is 1180. The summed E-state index contributed by atoms with van der Waals surface area (Å²) in [5, 5.41) is 0.757. The molecule has 1 saturated heterocycles. The summed E-state index contributed by atoms with van der Waals surface area (Å²) >= 11 is 0. The summed E-state index contributed by atoms with van der Waals surface area (Å²) in [6.45, 7) is 11.9. The highest BCUT2D eigenvalue weighted by atomic mass is 32.2. The van der Waals surface area contributed by atoms with Gasteiger partial charge in [-0.1, -0.05) is 17.7 Å². The van der Waals surface area contributed by atoms with Gasteiger partial charge in [-0.2, -0.15) is 0 Å². The molecular weight excluding hydrogens is 387 g/mol. The average Bonchev–Trinajstić information content (AvgIpc) is 3.15. The van der Waals surface area contributed by atoms with E-state index in [0.717, 1.165) is 22.0 Å². The Balaban J connectivity index is 1.78. The Labute approximate surface area is 172 Å². The number of aryl methyl sites for hydroxylation is 2. The van der Waals surface area contributed by atoms with Crippen molar-refractivity contribution in [1.29, 1.82) is 0 Å². The van der Waals surface area contributed by atoms with Crippen molar-refractivity contribution in [2.45, 2.75) is 57.6 Å². The number of rotatable bonds is 3. The maximum absolute atomic E-state index is 13.1. The third-order valence-corrected chi connectivity index (χ3v) is 7.75. The van der Waals surface area contributed by atoms with Crippen LogP contribution in [0.4, 0.5) is 0 Å². The smallest absolute Gasteiger partial charge is 0.399 e. The number of hydrogen-bond donors (Lipinski definition) is 0. The van der Waals surface area contributed by atoms with Crippen LogP contribution in [0.2, 0.25) is 0 Å². The minimum atomic E-state index is -3.73. The second kappa shape index (κ2) is 6.42. The number of benzene rings is 1. The number of aromatic nitrogens is 2. The van der Waals surface area contributed by atoms with Gasteiger partial charge in [0.1, 0.15) is 0 Å². The topological polar surface area (TPSA) is 70.4 Å². The Morgan fingerprint density at radius 2 is 1.55 bits per heavy atom. The van der Waals surface area contributed by atoms with Gasteiger partial charge in [0.2, 0.25) is 0 Å². The molecule has 0 spiro atoms. The van der Waals surface area contributed by atoms with Gasteiger partial charge in [0.05, 0.1) is 16.1 Å². The first-order chi connectivity index (χ1) is 13.4. The molecule has 3 heterocycles. The van der Waals surface area contributed by atoms with Crippen LogP contribution in [0.25, 0.3) is 11.0 Å². The Morgan fingerprint density at radius 3 is 2.14 bits per heavy atom. The van der Waals surface area contributed by atoms with E-state index in [1.807, 2.05) is 41.5 Å². The molecule has 1 fully saturated rings. The fourth-order valence-electron chi connectivity index (χ4n) is 3.43. The fraction of sp³-hybridized carbons (Fsp3) is 0.381. The molecule has 0 atom stereocenters. The summed E-state index contributed by atoms with van der Waals surface area (Å²) in [7, 11) is -4.28. The Kier molecular flexibility index (Phi) is 4.46. The first-order valence-electron chi connectivity index (χ1n) is 9.58. The summed E-state index contributed by atoms with van der Waals surface area (Å²) in [6, 6.07) is 8.57. The van der Waals surface area contributed by atoms with Crippen molar-refractivity contribution in [3.63, 3.8) is 0 Å². The van der Waals surface area contributed by atoms with E-state index in [-0.39, 0.29) is 4.90 Å². The summed E-state index contributed by atoms with van der Waals surface area (Å²) in [5.74, 6) is 0. The zero-order valence-electron chi connectivity index (χ0n) is 17.6. The molecular formula is C21H25BN2O4S. The van der Waals surface area contributed by atoms with E-state index in [9.17, 15) is 8.42 Å². The average molecular weight is 412 g/mol. The standard InChI is InChI=1S/C21H25BN2O4S/c1-14-7-9-16(10-8-14)29(25,26)24-12-11-17-15(2)18(13-23-19(17)24)22-27-20(3,4)21(5,6)28-22/h7-13H,1-6H3. The van der Waals surface area contributed by atoms with Crippen LogP contribution in [-0.4, -0.2) is 35.7 Å². The van der Waals surface area contributed by atoms with Gasteiger partial charge in [-0.15, -0.1) is 0 Å². The summed E-state index contributed by atoms with van der Waals surface area (Å²) in [4.78, 5) is 4.71. The minimum absolute atomic E-state index is 0.232. The molecule has 0 aliphatic carbocycles. The molecule has 6 nitrogen and oxygen atoms in total. The summed E-state index contributed by atoms with van der Waals surface area (Å²) in [6.07, 6.45) is 3.20. The van der Waals surface area contributed by atoms with Gasteiger partial charge in [0, 0.05) is 23.2 Å². The monoisotopic (exact) mass is 412 g/mol. The molecule has 0 unspecified atom stereocenters. The summed E-state index contributed by atoms with van der Waals surface area (Å²) < 4.78 is 39.8. The highest BCUT2D eigenvalue weighted by Crippen LogP contribution is 2.37. The third kappa shape index (κ3) is 3.10. The second-order valence-corrected chi connectivity index (χ2v) is 10.4. The molecule has 2 aromatic heterocycles. The van der Waals surface area contributed by atoms with Crippen molar-refractivity contribution in [3.05, 3.63) is 53.9 Å². The molecule has 3 aromatic rings. The minimum Gasteiger partial charge on any atom is -0.399 e. The molecule has 0 radical (unpaired) electrons. The highest BCUT2D eigenvalue weighted by Gasteiger charge is 2.52. The van der Waals surface area contributed by atoms with Crippen LogP contribution in [0.1, 0.15) is 38.8 Å². The fourth-order valence-corrected chi connectivity index (χ4v) is 4.74. The zero-order valence-corrected chi connectivity index (χ0v) is 18.4. The molecule has 1 aliphatic heterocycles. The van der Waals surface area contributed by atoms with E-state index in [1.165, 1.54) is 3.97 Å². The lowest BCUT2D eigenvalue weighted by Crippen LogP contribution is -2.41. The van der Waals surface area contributed by atoms with Gasteiger partial charge in [-0.3, -0.25) is 0 Å². The Hall–Kier alpha value is -2.16. The van der Waals surface area contributed by atoms with E-state index in [0.29, 0.717) is 5.65 Å². The van der Waals surface area contributed by atoms with Crippen molar-refractivity contribution >= 4 is 33.6 Å². The predicted molar refractivity (Wildman–Crippen MR) is 114 cm³/mol. The van der Waals surface area contributed by atoms with Crippen molar-refractivity contribution in [2.24, 2.45) is 0 Å². The molecule has 0 N–H and O–H groups in total. The predicted octanol–water partition coefficient (Wildman–Crippen LogP) is 3.19. The highest BCUT2D eigenvalue weighted by molar-refractivity contribution is 7.90.